The third-order valence-electron chi connectivity index (χ3n) is 4.61. The maximum atomic E-state index is 6.29. The molecular formula is C19H24NP. The molecule has 1 aliphatic carbocycles. The molecule has 0 spiro atoms. The van der Waals surface area contributed by atoms with E-state index in [0.29, 0.717) is 12.0 Å². The van der Waals surface area contributed by atoms with Crippen molar-refractivity contribution < 1.29 is 0 Å². The topological polar surface area (TPSA) is 26.0 Å². The maximum absolute atomic E-state index is 6.29. The van der Waals surface area contributed by atoms with Gasteiger partial charge in [0.15, 0.2) is 0 Å². The van der Waals surface area contributed by atoms with Gasteiger partial charge in [-0.25, -0.2) is 0 Å². The summed E-state index contributed by atoms with van der Waals surface area (Å²) in [5, 5.41) is 2.99. The van der Waals surface area contributed by atoms with Crippen LogP contribution in [-0.2, 0) is 0 Å². The molecule has 2 aromatic rings. The molecule has 3 atom stereocenters. The van der Waals surface area contributed by atoms with Crippen LogP contribution < -0.4 is 16.3 Å². The Morgan fingerprint density at radius 1 is 0.905 bits per heavy atom. The first-order valence-corrected chi connectivity index (χ1v) is 9.33. The quantitative estimate of drug-likeness (QED) is 0.857. The highest BCUT2D eigenvalue weighted by atomic mass is 31.1. The number of nitrogens with two attached hydrogens (primary N) is 1. The summed E-state index contributed by atoms with van der Waals surface area (Å²) in [5.41, 5.74) is 7.02. The fraction of sp³-hybridized carbons (Fsp3) is 0.368. The second-order valence-corrected chi connectivity index (χ2v) is 8.50. The lowest BCUT2D eigenvalue weighted by Gasteiger charge is -2.32. The Morgan fingerprint density at radius 3 is 1.90 bits per heavy atom. The molecule has 110 valence electrons. The highest BCUT2D eigenvalue weighted by molar-refractivity contribution is 7.73. The van der Waals surface area contributed by atoms with Gasteiger partial charge in [-0.2, -0.15) is 0 Å². The predicted molar refractivity (Wildman–Crippen MR) is 93.9 cm³/mol. The lowest BCUT2D eigenvalue weighted by Crippen LogP contribution is -2.34. The summed E-state index contributed by atoms with van der Waals surface area (Å²) in [6.07, 6.45) is 3.94. The predicted octanol–water partition coefficient (Wildman–Crippen LogP) is 3.64. The molecule has 2 heteroatoms. The van der Waals surface area contributed by atoms with Crippen molar-refractivity contribution in [3.63, 3.8) is 0 Å². The Kier molecular flexibility index (Phi) is 4.73. The SMILES string of the molecule is C[C@H](N)[C@H]1CCC[C@H]1P(c1ccccc1)c1ccccc1. The van der Waals surface area contributed by atoms with Gasteiger partial charge in [-0.1, -0.05) is 67.1 Å². The summed E-state index contributed by atoms with van der Waals surface area (Å²) in [4.78, 5) is 0. The number of hydrogen-bond donors (Lipinski definition) is 1. The molecule has 0 saturated heterocycles. The second kappa shape index (κ2) is 6.73. The highest BCUT2D eigenvalue weighted by Crippen LogP contribution is 2.50. The van der Waals surface area contributed by atoms with Crippen molar-refractivity contribution in [3.05, 3.63) is 60.7 Å². The van der Waals surface area contributed by atoms with Gasteiger partial charge in [0.25, 0.3) is 0 Å². The Labute approximate surface area is 129 Å². The highest BCUT2D eigenvalue weighted by Gasteiger charge is 2.36. The van der Waals surface area contributed by atoms with Gasteiger partial charge in [-0.3, -0.25) is 0 Å². The van der Waals surface area contributed by atoms with Gasteiger partial charge in [-0.15, -0.1) is 0 Å². The lowest BCUT2D eigenvalue weighted by molar-refractivity contribution is 0.465. The van der Waals surface area contributed by atoms with E-state index < -0.39 is 0 Å². The minimum absolute atomic E-state index is 0.301. The van der Waals surface area contributed by atoms with Crippen molar-refractivity contribution in [2.24, 2.45) is 11.7 Å². The molecule has 0 bridgehead atoms. The lowest BCUT2D eigenvalue weighted by atomic mass is 10.0. The number of hydrogen-bond acceptors (Lipinski definition) is 1. The van der Waals surface area contributed by atoms with Crippen LogP contribution in [-0.4, -0.2) is 11.7 Å². The molecule has 0 aromatic heterocycles. The van der Waals surface area contributed by atoms with Crippen molar-refractivity contribution in [3.8, 4) is 0 Å². The molecule has 2 aromatic carbocycles. The van der Waals surface area contributed by atoms with Crippen LogP contribution >= 0.6 is 7.92 Å². The van der Waals surface area contributed by atoms with Gasteiger partial charge in [0.05, 0.1) is 0 Å². The molecule has 3 rings (SSSR count). The maximum Gasteiger partial charge on any atom is 0.00450 e. The fourth-order valence-electron chi connectivity index (χ4n) is 3.61. The van der Waals surface area contributed by atoms with Crippen LogP contribution in [0, 0.1) is 5.92 Å². The van der Waals surface area contributed by atoms with Gasteiger partial charge < -0.3 is 5.73 Å². The van der Waals surface area contributed by atoms with Crippen LogP contribution in [0.25, 0.3) is 0 Å². The van der Waals surface area contributed by atoms with E-state index in [2.05, 4.69) is 67.6 Å². The first-order valence-electron chi connectivity index (χ1n) is 7.92. The molecule has 1 nitrogen and oxygen atoms in total. The van der Waals surface area contributed by atoms with Gasteiger partial charge in [0, 0.05) is 6.04 Å². The van der Waals surface area contributed by atoms with E-state index >= 15 is 0 Å². The van der Waals surface area contributed by atoms with Crippen LogP contribution in [0.1, 0.15) is 26.2 Å². The molecule has 0 radical (unpaired) electrons. The molecule has 2 N–H and O–H groups in total. The van der Waals surface area contributed by atoms with Crippen LogP contribution in [0.3, 0.4) is 0 Å². The summed E-state index contributed by atoms with van der Waals surface area (Å²) in [7, 11) is -0.304. The van der Waals surface area contributed by atoms with E-state index in [0.717, 1.165) is 5.66 Å². The fourth-order valence-corrected chi connectivity index (χ4v) is 6.91. The third-order valence-corrected chi connectivity index (χ3v) is 7.62. The van der Waals surface area contributed by atoms with Crippen LogP contribution in [0.2, 0.25) is 0 Å². The molecule has 0 unspecified atom stereocenters. The Balaban J connectivity index is 2.01. The second-order valence-electron chi connectivity index (χ2n) is 6.06. The van der Waals surface area contributed by atoms with Crippen LogP contribution in [0.4, 0.5) is 0 Å². The molecule has 0 aliphatic heterocycles. The summed E-state index contributed by atoms with van der Waals surface area (Å²) >= 11 is 0. The average molecular weight is 297 g/mol. The van der Waals surface area contributed by atoms with E-state index in [-0.39, 0.29) is 7.92 Å². The van der Waals surface area contributed by atoms with Gasteiger partial charge in [0.1, 0.15) is 0 Å². The Bertz CT molecular complexity index is 513. The molecule has 1 aliphatic rings. The minimum Gasteiger partial charge on any atom is -0.328 e. The summed E-state index contributed by atoms with van der Waals surface area (Å²) < 4.78 is 0. The zero-order valence-corrected chi connectivity index (χ0v) is 13.5. The molecular weight excluding hydrogens is 273 g/mol. The van der Waals surface area contributed by atoms with E-state index in [1.165, 1.54) is 29.9 Å². The number of rotatable bonds is 4. The smallest absolute Gasteiger partial charge is 0.00450 e. The third kappa shape index (κ3) is 3.20. The van der Waals surface area contributed by atoms with Crippen molar-refractivity contribution in [1.82, 2.24) is 0 Å². The van der Waals surface area contributed by atoms with Gasteiger partial charge in [0.2, 0.25) is 0 Å². The van der Waals surface area contributed by atoms with Crippen molar-refractivity contribution >= 4 is 18.5 Å². The zero-order chi connectivity index (χ0) is 14.7. The number of benzene rings is 2. The van der Waals surface area contributed by atoms with Crippen molar-refractivity contribution in [1.29, 1.82) is 0 Å². The Morgan fingerprint density at radius 2 is 1.43 bits per heavy atom. The molecule has 1 saturated carbocycles. The van der Waals surface area contributed by atoms with Crippen molar-refractivity contribution in [2.45, 2.75) is 37.9 Å². The van der Waals surface area contributed by atoms with Gasteiger partial charge in [-0.05, 0) is 49.9 Å². The van der Waals surface area contributed by atoms with E-state index in [1.54, 1.807) is 0 Å². The Hall–Kier alpha value is -1.17. The molecule has 1 fully saturated rings. The minimum atomic E-state index is -0.304. The standard InChI is InChI=1S/C19H24NP/c1-15(20)18-13-8-14-19(18)21(16-9-4-2-5-10-16)17-11-6-3-7-12-17/h2-7,9-12,15,18-19H,8,13-14,20H2,1H3/t15-,18+,19+/m0/s1. The summed E-state index contributed by atoms with van der Waals surface area (Å²) in [5.74, 6) is 0.663. The molecule has 21 heavy (non-hydrogen) atoms. The first kappa shape index (κ1) is 14.8. The summed E-state index contributed by atoms with van der Waals surface area (Å²) in [6, 6.07) is 22.4. The zero-order valence-electron chi connectivity index (χ0n) is 12.7. The van der Waals surface area contributed by atoms with Crippen LogP contribution in [0.5, 0.6) is 0 Å². The normalized spacial score (nSPS) is 23.4. The molecule has 0 amide bonds. The first-order chi connectivity index (χ1) is 10.3. The largest absolute Gasteiger partial charge is 0.328 e. The average Bonchev–Trinajstić information content (AvgIpc) is 2.99. The van der Waals surface area contributed by atoms with Gasteiger partial charge >= 0.3 is 0 Å². The van der Waals surface area contributed by atoms with Crippen molar-refractivity contribution in [2.75, 3.05) is 0 Å². The van der Waals surface area contributed by atoms with E-state index in [1.807, 2.05) is 0 Å². The molecule has 0 heterocycles. The van der Waals surface area contributed by atoms with Crippen LogP contribution in [0.15, 0.2) is 60.7 Å². The summed E-state index contributed by atoms with van der Waals surface area (Å²) in [6.45, 7) is 2.19. The monoisotopic (exact) mass is 297 g/mol. The van der Waals surface area contributed by atoms with E-state index in [4.69, 9.17) is 5.73 Å². The van der Waals surface area contributed by atoms with E-state index in [9.17, 15) is 0 Å².